The molecule has 0 saturated carbocycles. The van der Waals surface area contributed by atoms with Crippen molar-refractivity contribution in [1.29, 1.82) is 0 Å². The summed E-state index contributed by atoms with van der Waals surface area (Å²) in [6.45, 7) is 1.97. The highest BCUT2D eigenvalue weighted by Gasteiger charge is 2.24. The Balaban J connectivity index is 1.69. The number of urea groups is 1. The van der Waals surface area contributed by atoms with Crippen molar-refractivity contribution < 1.29 is 9.21 Å². The molecule has 2 N–H and O–H groups in total. The van der Waals surface area contributed by atoms with Gasteiger partial charge in [-0.25, -0.2) is 4.79 Å². The average Bonchev–Trinajstić information content (AvgIpc) is 2.92. The van der Waals surface area contributed by atoms with E-state index in [1.54, 1.807) is 6.26 Å². The fourth-order valence-corrected chi connectivity index (χ4v) is 3.04. The van der Waals surface area contributed by atoms with E-state index in [4.69, 9.17) is 4.42 Å². The molecule has 0 bridgehead atoms. The lowest BCUT2D eigenvalue weighted by atomic mass is 9.93. The van der Waals surface area contributed by atoms with Crippen LogP contribution in [-0.4, -0.2) is 6.03 Å². The fraction of sp³-hybridized carbons (Fsp3) is 0.312. The van der Waals surface area contributed by atoms with Gasteiger partial charge in [0.2, 0.25) is 0 Å². The smallest absolute Gasteiger partial charge is 0.319 e. The van der Waals surface area contributed by atoms with Gasteiger partial charge in [0.15, 0.2) is 0 Å². The van der Waals surface area contributed by atoms with Gasteiger partial charge in [0, 0.05) is 22.1 Å². The Hall–Kier alpha value is -1.75. The van der Waals surface area contributed by atoms with E-state index < -0.39 is 0 Å². The molecule has 1 heterocycles. The second kappa shape index (κ2) is 5.93. The van der Waals surface area contributed by atoms with Crippen molar-refractivity contribution in [3.63, 3.8) is 0 Å². The summed E-state index contributed by atoms with van der Waals surface area (Å²) in [7, 11) is 0. The minimum Gasteiger partial charge on any atom is -0.469 e. The summed E-state index contributed by atoms with van der Waals surface area (Å²) < 4.78 is 6.39. The minimum atomic E-state index is -0.185. The normalized spacial score (nSPS) is 17.1. The van der Waals surface area contributed by atoms with Gasteiger partial charge in [0.1, 0.15) is 5.76 Å². The van der Waals surface area contributed by atoms with E-state index in [1.807, 2.05) is 31.2 Å². The molecular formula is C16H17BrN2O2. The van der Waals surface area contributed by atoms with E-state index in [0.717, 1.165) is 46.3 Å². The Labute approximate surface area is 132 Å². The van der Waals surface area contributed by atoms with Crippen LogP contribution in [-0.2, 0) is 6.42 Å². The van der Waals surface area contributed by atoms with Crippen molar-refractivity contribution in [2.75, 3.05) is 5.32 Å². The highest BCUT2D eigenvalue weighted by Crippen LogP contribution is 2.30. The molecule has 2 aromatic rings. The van der Waals surface area contributed by atoms with Gasteiger partial charge in [0.25, 0.3) is 0 Å². The summed E-state index contributed by atoms with van der Waals surface area (Å²) in [5.74, 6) is 0.991. The van der Waals surface area contributed by atoms with Crippen LogP contribution in [0.15, 0.2) is 39.4 Å². The number of furan rings is 1. The lowest BCUT2D eigenvalue weighted by Gasteiger charge is -2.23. The molecule has 0 saturated heterocycles. The van der Waals surface area contributed by atoms with E-state index in [2.05, 4.69) is 26.6 Å². The number of anilines is 1. The Morgan fingerprint density at radius 1 is 1.38 bits per heavy atom. The Bertz CT molecular complexity index is 666. The van der Waals surface area contributed by atoms with Gasteiger partial charge in [-0.2, -0.15) is 0 Å². The molecule has 0 fully saturated rings. The minimum absolute atomic E-state index is 0.0277. The quantitative estimate of drug-likeness (QED) is 0.836. The molecule has 4 nitrogen and oxygen atoms in total. The number of benzene rings is 1. The van der Waals surface area contributed by atoms with Gasteiger partial charge < -0.3 is 15.1 Å². The summed E-state index contributed by atoms with van der Waals surface area (Å²) in [4.78, 5) is 12.2. The van der Waals surface area contributed by atoms with Gasteiger partial charge in [-0.3, -0.25) is 0 Å². The maximum absolute atomic E-state index is 12.2. The molecule has 1 unspecified atom stereocenters. The summed E-state index contributed by atoms with van der Waals surface area (Å²) in [5.41, 5.74) is 2.94. The van der Waals surface area contributed by atoms with Gasteiger partial charge >= 0.3 is 6.03 Å². The van der Waals surface area contributed by atoms with Crippen molar-refractivity contribution in [2.24, 2.45) is 0 Å². The zero-order chi connectivity index (χ0) is 14.8. The van der Waals surface area contributed by atoms with E-state index in [9.17, 15) is 4.79 Å². The SMILES string of the molecule is Cc1ccc(Br)cc1NC(=O)NC1CCCc2occc21. The van der Waals surface area contributed by atoms with Crippen LogP contribution in [0.1, 0.15) is 35.8 Å². The molecule has 1 aromatic heterocycles. The van der Waals surface area contributed by atoms with Crippen LogP contribution in [0.4, 0.5) is 10.5 Å². The maximum atomic E-state index is 12.2. The monoisotopic (exact) mass is 348 g/mol. The largest absolute Gasteiger partial charge is 0.469 e. The molecule has 1 aliphatic rings. The molecular weight excluding hydrogens is 332 g/mol. The Morgan fingerprint density at radius 3 is 3.10 bits per heavy atom. The van der Waals surface area contributed by atoms with Gasteiger partial charge in [-0.15, -0.1) is 0 Å². The van der Waals surface area contributed by atoms with Gasteiger partial charge in [0.05, 0.1) is 12.3 Å². The van der Waals surface area contributed by atoms with Crippen LogP contribution < -0.4 is 10.6 Å². The molecule has 110 valence electrons. The summed E-state index contributed by atoms with van der Waals surface area (Å²) in [6, 6.07) is 7.62. The molecule has 21 heavy (non-hydrogen) atoms. The third-order valence-corrected chi connectivity index (χ3v) is 4.30. The first-order chi connectivity index (χ1) is 10.1. The van der Waals surface area contributed by atoms with Crippen LogP contribution in [0.5, 0.6) is 0 Å². The second-order valence-corrected chi connectivity index (χ2v) is 6.22. The third kappa shape index (κ3) is 3.13. The van der Waals surface area contributed by atoms with Gasteiger partial charge in [-0.1, -0.05) is 22.0 Å². The zero-order valence-electron chi connectivity index (χ0n) is 11.8. The number of carbonyl (C=O) groups excluding carboxylic acids is 1. The molecule has 2 amide bonds. The summed E-state index contributed by atoms with van der Waals surface area (Å²) in [6.07, 6.45) is 4.62. The molecule has 1 atom stereocenters. The number of hydrogen-bond acceptors (Lipinski definition) is 2. The van der Waals surface area contributed by atoms with Crippen LogP contribution in [0.25, 0.3) is 0 Å². The maximum Gasteiger partial charge on any atom is 0.319 e. The first kappa shape index (κ1) is 14.2. The highest BCUT2D eigenvalue weighted by molar-refractivity contribution is 9.10. The van der Waals surface area contributed by atoms with Crippen LogP contribution in [0.2, 0.25) is 0 Å². The number of aryl methyl sites for hydroxylation is 2. The lowest BCUT2D eigenvalue weighted by Crippen LogP contribution is -2.34. The molecule has 0 radical (unpaired) electrons. The van der Waals surface area contributed by atoms with E-state index in [-0.39, 0.29) is 12.1 Å². The molecule has 1 aliphatic carbocycles. The van der Waals surface area contributed by atoms with E-state index >= 15 is 0 Å². The van der Waals surface area contributed by atoms with E-state index in [1.165, 1.54) is 0 Å². The molecule has 0 spiro atoms. The molecule has 0 aliphatic heterocycles. The topological polar surface area (TPSA) is 54.3 Å². The summed E-state index contributed by atoms with van der Waals surface area (Å²) in [5, 5.41) is 5.94. The lowest BCUT2D eigenvalue weighted by molar-refractivity contribution is 0.246. The standard InChI is InChI=1S/C16H17BrN2O2/c1-10-5-6-11(17)9-14(10)19-16(20)18-13-3-2-4-15-12(13)7-8-21-15/h5-9,13H,2-4H2,1H3,(H2,18,19,20). The third-order valence-electron chi connectivity index (χ3n) is 3.81. The van der Waals surface area contributed by atoms with Crippen LogP contribution in [0, 0.1) is 6.92 Å². The van der Waals surface area contributed by atoms with Crippen molar-refractivity contribution in [3.8, 4) is 0 Å². The number of fused-ring (bicyclic) bond motifs is 1. The van der Waals surface area contributed by atoms with Crippen molar-refractivity contribution in [1.82, 2.24) is 5.32 Å². The number of nitrogens with one attached hydrogen (secondary N) is 2. The number of halogens is 1. The highest BCUT2D eigenvalue weighted by atomic mass is 79.9. The van der Waals surface area contributed by atoms with Crippen molar-refractivity contribution in [3.05, 3.63) is 51.9 Å². The predicted molar refractivity (Wildman–Crippen MR) is 85.4 cm³/mol. The van der Waals surface area contributed by atoms with E-state index in [0.29, 0.717) is 0 Å². The number of amides is 2. The fourth-order valence-electron chi connectivity index (χ4n) is 2.68. The number of rotatable bonds is 2. The average molecular weight is 349 g/mol. The van der Waals surface area contributed by atoms with Crippen LogP contribution >= 0.6 is 15.9 Å². The van der Waals surface area contributed by atoms with Crippen molar-refractivity contribution in [2.45, 2.75) is 32.2 Å². The molecule has 1 aromatic carbocycles. The first-order valence-corrected chi connectivity index (χ1v) is 7.83. The number of carbonyl (C=O) groups is 1. The van der Waals surface area contributed by atoms with Gasteiger partial charge in [-0.05, 0) is 43.5 Å². The molecule has 3 rings (SSSR count). The first-order valence-electron chi connectivity index (χ1n) is 7.03. The Kier molecular flexibility index (Phi) is 4.01. The summed E-state index contributed by atoms with van der Waals surface area (Å²) >= 11 is 3.42. The predicted octanol–water partition coefficient (Wildman–Crippen LogP) is 4.55. The van der Waals surface area contributed by atoms with Crippen molar-refractivity contribution >= 4 is 27.6 Å². The van der Waals surface area contributed by atoms with Crippen LogP contribution in [0.3, 0.4) is 0 Å². The Morgan fingerprint density at radius 2 is 2.24 bits per heavy atom. The molecule has 5 heteroatoms. The second-order valence-electron chi connectivity index (χ2n) is 5.30. The zero-order valence-corrected chi connectivity index (χ0v) is 13.4. The number of hydrogen-bond donors (Lipinski definition) is 2.